The van der Waals surface area contributed by atoms with Crippen molar-refractivity contribution < 1.29 is 0 Å². The summed E-state index contributed by atoms with van der Waals surface area (Å²) in [5.74, 6) is 1.16. The summed E-state index contributed by atoms with van der Waals surface area (Å²) >= 11 is 17.6. The highest BCUT2D eigenvalue weighted by Crippen LogP contribution is 2.36. The van der Waals surface area contributed by atoms with Crippen LogP contribution in [0.1, 0.15) is 38.3 Å². The van der Waals surface area contributed by atoms with Crippen LogP contribution in [0.3, 0.4) is 0 Å². The van der Waals surface area contributed by atoms with Crippen molar-refractivity contribution >= 4 is 40.8 Å². The summed E-state index contributed by atoms with van der Waals surface area (Å²) in [6, 6.07) is 2.10. The summed E-state index contributed by atoms with van der Waals surface area (Å²) in [6.45, 7) is 5.17. The number of hydrogen-bond donors (Lipinski definition) is 0. The van der Waals surface area contributed by atoms with Crippen molar-refractivity contribution in [1.29, 1.82) is 5.26 Å². The zero-order valence-electron chi connectivity index (χ0n) is 11.4. The van der Waals surface area contributed by atoms with Gasteiger partial charge < -0.3 is 4.90 Å². The van der Waals surface area contributed by atoms with Crippen LogP contribution in [0, 0.1) is 11.3 Å². The van der Waals surface area contributed by atoms with Crippen molar-refractivity contribution in [2.45, 2.75) is 36.9 Å². The molecule has 0 spiro atoms. The molecule has 0 bridgehead atoms. The quantitative estimate of drug-likeness (QED) is 0.745. The summed E-state index contributed by atoms with van der Waals surface area (Å²) in [4.78, 5) is 14.6. The van der Waals surface area contributed by atoms with E-state index in [1.165, 1.54) is 0 Å². The molecule has 20 heavy (non-hydrogen) atoms. The molecule has 0 unspecified atom stereocenters. The third kappa shape index (κ3) is 4.93. The van der Waals surface area contributed by atoms with E-state index in [1.807, 2.05) is 18.7 Å². The molecular formula is C12H16Cl3N5. The van der Waals surface area contributed by atoms with Crippen molar-refractivity contribution in [3.8, 4) is 6.07 Å². The number of nitrogens with zero attached hydrogens (tertiary/aromatic N) is 5. The van der Waals surface area contributed by atoms with E-state index in [9.17, 15) is 0 Å². The van der Waals surface area contributed by atoms with Gasteiger partial charge in [-0.25, -0.2) is 4.98 Å². The van der Waals surface area contributed by atoms with Crippen molar-refractivity contribution in [3.05, 3.63) is 11.6 Å². The highest BCUT2D eigenvalue weighted by molar-refractivity contribution is 6.66. The van der Waals surface area contributed by atoms with E-state index in [2.05, 4.69) is 21.0 Å². The maximum Gasteiger partial charge on any atom is 0.250 e. The minimum Gasteiger partial charge on any atom is -0.340 e. The lowest BCUT2D eigenvalue weighted by atomic mass is 10.3. The molecule has 1 aromatic rings. The van der Waals surface area contributed by atoms with Gasteiger partial charge >= 0.3 is 0 Å². The van der Waals surface area contributed by atoms with Gasteiger partial charge in [-0.2, -0.15) is 15.2 Å². The van der Waals surface area contributed by atoms with Crippen LogP contribution in [0.15, 0.2) is 0 Å². The number of aryl methyl sites for hydroxylation is 1. The number of hydrogen-bond acceptors (Lipinski definition) is 5. The van der Waals surface area contributed by atoms with Crippen LogP contribution in [0.25, 0.3) is 0 Å². The third-order valence-electron chi connectivity index (χ3n) is 2.56. The second kappa shape index (κ2) is 7.82. The Labute approximate surface area is 133 Å². The topological polar surface area (TPSA) is 65.7 Å². The van der Waals surface area contributed by atoms with Crippen LogP contribution in [-0.4, -0.2) is 28.0 Å². The van der Waals surface area contributed by atoms with Gasteiger partial charge in [-0.3, -0.25) is 0 Å². The van der Waals surface area contributed by atoms with E-state index in [1.54, 1.807) is 0 Å². The smallest absolute Gasteiger partial charge is 0.250 e. The third-order valence-corrected chi connectivity index (χ3v) is 3.06. The number of anilines is 1. The first kappa shape index (κ1) is 17.2. The molecule has 0 aliphatic heterocycles. The predicted molar refractivity (Wildman–Crippen MR) is 81.2 cm³/mol. The minimum atomic E-state index is -1.69. The zero-order valence-corrected chi connectivity index (χ0v) is 13.7. The van der Waals surface area contributed by atoms with Crippen molar-refractivity contribution in [2.75, 3.05) is 18.0 Å². The fourth-order valence-corrected chi connectivity index (χ4v) is 1.85. The maximum atomic E-state index is 8.69. The first-order valence-electron chi connectivity index (χ1n) is 6.36. The molecule has 0 N–H and O–H groups in total. The van der Waals surface area contributed by atoms with E-state index in [4.69, 9.17) is 40.1 Å². The van der Waals surface area contributed by atoms with Gasteiger partial charge in [0, 0.05) is 19.5 Å². The van der Waals surface area contributed by atoms with Crippen LogP contribution in [0.5, 0.6) is 0 Å². The Morgan fingerprint density at radius 2 is 1.90 bits per heavy atom. The normalized spacial score (nSPS) is 11.2. The van der Waals surface area contributed by atoms with Crippen LogP contribution in [0.4, 0.5) is 5.95 Å². The molecule has 5 nitrogen and oxygen atoms in total. The van der Waals surface area contributed by atoms with Crippen molar-refractivity contribution in [2.24, 2.45) is 0 Å². The molecule has 8 heteroatoms. The SMILES string of the molecule is CCCc1nc(N(CC)CCC#N)nc(C(Cl)(Cl)Cl)n1. The Kier molecular flexibility index (Phi) is 6.74. The second-order valence-corrected chi connectivity index (χ2v) is 6.39. The maximum absolute atomic E-state index is 8.69. The molecule has 0 atom stereocenters. The van der Waals surface area contributed by atoms with Gasteiger partial charge in [-0.15, -0.1) is 0 Å². The van der Waals surface area contributed by atoms with Gasteiger partial charge in [-0.05, 0) is 13.3 Å². The first-order chi connectivity index (χ1) is 9.42. The molecule has 0 aliphatic carbocycles. The largest absolute Gasteiger partial charge is 0.340 e. The molecule has 1 heterocycles. The van der Waals surface area contributed by atoms with E-state index in [-0.39, 0.29) is 5.82 Å². The van der Waals surface area contributed by atoms with Gasteiger partial charge in [0.25, 0.3) is 0 Å². The molecule has 0 saturated heterocycles. The Morgan fingerprint density at radius 1 is 1.20 bits per heavy atom. The monoisotopic (exact) mass is 335 g/mol. The van der Waals surface area contributed by atoms with E-state index in [0.717, 1.165) is 6.42 Å². The lowest BCUT2D eigenvalue weighted by Gasteiger charge is -2.21. The van der Waals surface area contributed by atoms with Crippen LogP contribution in [0.2, 0.25) is 0 Å². The van der Waals surface area contributed by atoms with Gasteiger partial charge in [0.2, 0.25) is 9.74 Å². The summed E-state index contributed by atoms with van der Waals surface area (Å²) in [6.07, 6.45) is 1.94. The Bertz CT molecular complexity index is 481. The molecule has 0 radical (unpaired) electrons. The van der Waals surface area contributed by atoms with Gasteiger partial charge in [0.1, 0.15) is 5.82 Å². The lowest BCUT2D eigenvalue weighted by molar-refractivity contribution is 0.732. The average molecular weight is 337 g/mol. The number of aromatic nitrogens is 3. The van der Waals surface area contributed by atoms with Crippen molar-refractivity contribution in [3.63, 3.8) is 0 Å². The summed E-state index contributed by atoms with van der Waals surface area (Å²) in [5.41, 5.74) is 0. The van der Waals surface area contributed by atoms with Gasteiger partial charge in [0.05, 0.1) is 12.5 Å². The lowest BCUT2D eigenvalue weighted by Crippen LogP contribution is -2.28. The number of alkyl halides is 3. The highest BCUT2D eigenvalue weighted by Gasteiger charge is 2.28. The molecule has 0 aromatic carbocycles. The Hall–Kier alpha value is -0.830. The molecule has 110 valence electrons. The minimum absolute atomic E-state index is 0.117. The van der Waals surface area contributed by atoms with Crippen LogP contribution in [-0.2, 0) is 10.2 Å². The number of nitriles is 1. The Balaban J connectivity index is 3.16. The molecular weight excluding hydrogens is 321 g/mol. The van der Waals surface area contributed by atoms with Crippen LogP contribution >= 0.6 is 34.8 Å². The standard InChI is InChI=1S/C12H16Cl3N5/c1-3-6-9-17-10(12(13,14)15)19-11(18-9)20(4-2)8-5-7-16/h3-6,8H2,1-2H3. The highest BCUT2D eigenvalue weighted by atomic mass is 35.6. The average Bonchev–Trinajstić information content (AvgIpc) is 2.39. The van der Waals surface area contributed by atoms with Gasteiger partial charge in [0.15, 0.2) is 5.82 Å². The summed E-state index contributed by atoms with van der Waals surface area (Å²) in [5, 5.41) is 8.69. The fourth-order valence-electron chi connectivity index (χ4n) is 1.60. The van der Waals surface area contributed by atoms with Gasteiger partial charge in [-0.1, -0.05) is 41.7 Å². The first-order valence-corrected chi connectivity index (χ1v) is 7.49. The molecule has 0 saturated carbocycles. The van der Waals surface area contributed by atoms with Crippen LogP contribution < -0.4 is 4.90 Å². The molecule has 0 aliphatic rings. The summed E-state index contributed by atoms with van der Waals surface area (Å²) < 4.78 is -1.69. The molecule has 1 rings (SSSR count). The fraction of sp³-hybridized carbons (Fsp3) is 0.667. The number of halogens is 3. The van der Waals surface area contributed by atoms with E-state index >= 15 is 0 Å². The molecule has 0 fully saturated rings. The zero-order chi connectivity index (χ0) is 15.2. The van der Waals surface area contributed by atoms with E-state index < -0.39 is 3.79 Å². The summed E-state index contributed by atoms with van der Waals surface area (Å²) in [7, 11) is 0. The number of rotatable bonds is 6. The van der Waals surface area contributed by atoms with Crippen molar-refractivity contribution in [1.82, 2.24) is 15.0 Å². The predicted octanol–water partition coefficient (Wildman–Crippen LogP) is 3.39. The second-order valence-electron chi connectivity index (χ2n) is 4.11. The van der Waals surface area contributed by atoms with E-state index in [0.29, 0.717) is 37.7 Å². The molecule has 1 aromatic heterocycles. The Morgan fingerprint density at radius 3 is 2.40 bits per heavy atom. The molecule has 0 amide bonds.